The molecule has 6 nitrogen and oxygen atoms in total. The van der Waals surface area contributed by atoms with Crippen LogP contribution in [0.25, 0.3) is 11.4 Å². The van der Waals surface area contributed by atoms with Gasteiger partial charge in [-0.3, -0.25) is 4.79 Å². The summed E-state index contributed by atoms with van der Waals surface area (Å²) in [6.07, 6.45) is 0. The quantitative estimate of drug-likeness (QED) is 0.589. The van der Waals surface area contributed by atoms with Gasteiger partial charge in [0, 0.05) is 37.5 Å². The first-order chi connectivity index (χ1) is 14.1. The minimum absolute atomic E-state index is 0.247. The number of nitrogens with one attached hydrogen (secondary N) is 1. The average Bonchev–Trinajstić information content (AvgIpc) is 2.75. The Bertz CT molecular complexity index is 960. The Morgan fingerprint density at radius 2 is 1.86 bits per heavy atom. The van der Waals surface area contributed by atoms with Crippen molar-refractivity contribution < 1.29 is 9.53 Å². The van der Waals surface area contributed by atoms with Crippen molar-refractivity contribution in [3.63, 3.8) is 0 Å². The maximum absolute atomic E-state index is 12.7. The van der Waals surface area contributed by atoms with Crippen LogP contribution in [-0.4, -0.2) is 42.7 Å². The highest BCUT2D eigenvalue weighted by Crippen LogP contribution is 2.27. The van der Waals surface area contributed by atoms with Crippen LogP contribution in [0.2, 0.25) is 0 Å². The maximum atomic E-state index is 12.7. The van der Waals surface area contributed by atoms with Crippen LogP contribution in [0, 0.1) is 6.92 Å². The first-order valence-electron chi connectivity index (χ1n) is 9.68. The number of nitrogens with zero attached hydrogens (tertiary/aromatic N) is 3. The number of carbonyl (C=O) groups is 1. The van der Waals surface area contributed by atoms with Crippen molar-refractivity contribution in [1.29, 1.82) is 0 Å². The van der Waals surface area contributed by atoms with E-state index in [1.165, 1.54) is 0 Å². The van der Waals surface area contributed by atoms with Crippen LogP contribution in [-0.2, 0) is 4.74 Å². The van der Waals surface area contributed by atoms with E-state index in [2.05, 4.69) is 41.2 Å². The molecule has 2 aromatic carbocycles. The molecule has 1 N–H and O–H groups in total. The third-order valence-corrected chi connectivity index (χ3v) is 4.48. The van der Waals surface area contributed by atoms with Crippen LogP contribution >= 0.6 is 0 Å². The minimum atomic E-state index is -0.247. The van der Waals surface area contributed by atoms with Gasteiger partial charge in [0.05, 0.1) is 6.61 Å². The summed E-state index contributed by atoms with van der Waals surface area (Å²) in [4.78, 5) is 24.0. The van der Waals surface area contributed by atoms with Gasteiger partial charge in [-0.25, -0.2) is 9.97 Å². The summed E-state index contributed by atoms with van der Waals surface area (Å²) < 4.78 is 5.01. The Morgan fingerprint density at radius 1 is 1.07 bits per heavy atom. The molecule has 3 rings (SSSR count). The van der Waals surface area contributed by atoms with Crippen molar-refractivity contribution >= 4 is 17.4 Å². The van der Waals surface area contributed by atoms with E-state index in [1.807, 2.05) is 42.5 Å². The smallest absolute Gasteiger partial charge is 0.270 e. The minimum Gasteiger partial charge on any atom is -0.383 e. The van der Waals surface area contributed by atoms with Crippen LogP contribution in [0.15, 0.2) is 60.7 Å². The van der Waals surface area contributed by atoms with Crippen molar-refractivity contribution in [3.8, 4) is 11.4 Å². The zero-order valence-electron chi connectivity index (χ0n) is 17.1. The van der Waals surface area contributed by atoms with E-state index in [0.29, 0.717) is 37.0 Å². The SMILES string of the molecule is CCN(c1cccc(C)c1)c1cc(C(=O)NCCOC)nc(-c2ccccc2)n1. The molecular formula is C23H26N4O2. The lowest BCUT2D eigenvalue weighted by Gasteiger charge is -2.23. The lowest BCUT2D eigenvalue weighted by atomic mass is 10.2. The van der Waals surface area contributed by atoms with Gasteiger partial charge in [-0.05, 0) is 31.5 Å². The fourth-order valence-corrected chi connectivity index (χ4v) is 3.04. The Balaban J connectivity index is 2.05. The lowest BCUT2D eigenvalue weighted by Crippen LogP contribution is -2.28. The third-order valence-electron chi connectivity index (χ3n) is 4.48. The van der Waals surface area contributed by atoms with Gasteiger partial charge in [-0.2, -0.15) is 0 Å². The summed E-state index contributed by atoms with van der Waals surface area (Å²) in [5, 5.41) is 2.84. The molecule has 1 heterocycles. The van der Waals surface area contributed by atoms with E-state index in [9.17, 15) is 4.79 Å². The molecule has 0 aliphatic rings. The number of ether oxygens (including phenoxy) is 1. The topological polar surface area (TPSA) is 67.4 Å². The second kappa shape index (κ2) is 9.80. The molecule has 1 aromatic heterocycles. The van der Waals surface area contributed by atoms with E-state index in [4.69, 9.17) is 9.72 Å². The highest BCUT2D eigenvalue weighted by atomic mass is 16.5. The summed E-state index contributed by atoms with van der Waals surface area (Å²) >= 11 is 0. The van der Waals surface area contributed by atoms with Gasteiger partial charge in [-0.1, -0.05) is 42.5 Å². The number of rotatable bonds is 8. The van der Waals surface area contributed by atoms with E-state index < -0.39 is 0 Å². The van der Waals surface area contributed by atoms with Gasteiger partial charge in [0.1, 0.15) is 11.5 Å². The van der Waals surface area contributed by atoms with Crippen molar-refractivity contribution in [1.82, 2.24) is 15.3 Å². The first-order valence-corrected chi connectivity index (χ1v) is 9.68. The molecule has 0 atom stereocenters. The Labute approximate surface area is 171 Å². The molecule has 0 spiro atoms. The summed E-state index contributed by atoms with van der Waals surface area (Å²) in [6, 6.07) is 19.6. The molecule has 0 bridgehead atoms. The van der Waals surface area contributed by atoms with Crippen molar-refractivity contribution in [2.75, 3.05) is 31.7 Å². The number of aromatic nitrogens is 2. The zero-order chi connectivity index (χ0) is 20.6. The fraction of sp³-hybridized carbons (Fsp3) is 0.261. The number of amides is 1. The van der Waals surface area contributed by atoms with E-state index in [0.717, 1.165) is 16.8 Å². The number of aryl methyl sites for hydroxylation is 1. The van der Waals surface area contributed by atoms with Gasteiger partial charge < -0.3 is 15.0 Å². The summed E-state index contributed by atoms with van der Waals surface area (Å²) in [5.74, 6) is 0.957. The van der Waals surface area contributed by atoms with Crippen LogP contribution in [0.1, 0.15) is 23.0 Å². The van der Waals surface area contributed by atoms with Crippen molar-refractivity contribution in [3.05, 3.63) is 71.9 Å². The second-order valence-electron chi connectivity index (χ2n) is 6.63. The molecule has 150 valence electrons. The number of anilines is 2. The number of hydrogen-bond donors (Lipinski definition) is 1. The predicted octanol–water partition coefficient (Wildman–Crippen LogP) is 3.99. The van der Waals surface area contributed by atoms with Gasteiger partial charge in [0.2, 0.25) is 0 Å². The van der Waals surface area contributed by atoms with E-state index in [1.54, 1.807) is 13.2 Å². The Kier molecular flexibility index (Phi) is 6.92. The maximum Gasteiger partial charge on any atom is 0.270 e. The molecule has 29 heavy (non-hydrogen) atoms. The third kappa shape index (κ3) is 5.18. The van der Waals surface area contributed by atoms with Gasteiger partial charge in [0.15, 0.2) is 5.82 Å². The van der Waals surface area contributed by atoms with Gasteiger partial charge >= 0.3 is 0 Å². The van der Waals surface area contributed by atoms with Crippen molar-refractivity contribution in [2.45, 2.75) is 13.8 Å². The molecule has 0 aliphatic heterocycles. The van der Waals surface area contributed by atoms with Crippen molar-refractivity contribution in [2.24, 2.45) is 0 Å². The largest absolute Gasteiger partial charge is 0.383 e. The number of benzene rings is 2. The molecule has 0 aliphatic carbocycles. The molecule has 6 heteroatoms. The second-order valence-corrected chi connectivity index (χ2v) is 6.63. The monoisotopic (exact) mass is 390 g/mol. The Morgan fingerprint density at radius 3 is 2.55 bits per heavy atom. The van der Waals surface area contributed by atoms with Gasteiger partial charge in [0.25, 0.3) is 5.91 Å². The lowest BCUT2D eigenvalue weighted by molar-refractivity contribution is 0.0932. The molecule has 0 fully saturated rings. The molecule has 0 saturated carbocycles. The summed E-state index contributed by atoms with van der Waals surface area (Å²) in [7, 11) is 1.60. The highest BCUT2D eigenvalue weighted by molar-refractivity contribution is 5.93. The fourth-order valence-electron chi connectivity index (χ4n) is 3.04. The zero-order valence-corrected chi connectivity index (χ0v) is 17.1. The molecular weight excluding hydrogens is 364 g/mol. The predicted molar refractivity (Wildman–Crippen MR) is 116 cm³/mol. The number of methoxy groups -OCH3 is 1. The van der Waals surface area contributed by atoms with Crippen LogP contribution in [0.3, 0.4) is 0 Å². The summed E-state index contributed by atoms with van der Waals surface area (Å²) in [5.41, 5.74) is 3.38. The first kappa shape index (κ1) is 20.5. The van der Waals surface area contributed by atoms with Crippen LogP contribution < -0.4 is 10.2 Å². The molecule has 3 aromatic rings. The average molecular weight is 390 g/mol. The van der Waals surface area contributed by atoms with Crippen LogP contribution in [0.4, 0.5) is 11.5 Å². The molecule has 0 saturated heterocycles. The summed E-state index contributed by atoms with van der Waals surface area (Å²) in [6.45, 7) is 5.69. The standard InChI is InChI=1S/C23H26N4O2/c1-4-27(19-12-8-9-17(2)15-19)21-16-20(23(28)24-13-14-29-3)25-22(26-21)18-10-6-5-7-11-18/h5-12,15-16H,4,13-14H2,1-3H3,(H,24,28). The van der Waals surface area contributed by atoms with Crippen LogP contribution in [0.5, 0.6) is 0 Å². The molecule has 0 radical (unpaired) electrons. The number of carbonyl (C=O) groups excluding carboxylic acids is 1. The Hall–Kier alpha value is -3.25. The molecule has 1 amide bonds. The molecule has 0 unspecified atom stereocenters. The van der Waals surface area contributed by atoms with Gasteiger partial charge in [-0.15, -0.1) is 0 Å². The highest BCUT2D eigenvalue weighted by Gasteiger charge is 2.17. The van der Waals surface area contributed by atoms with E-state index in [-0.39, 0.29) is 5.91 Å². The van der Waals surface area contributed by atoms with E-state index >= 15 is 0 Å². The normalized spacial score (nSPS) is 10.6. The number of hydrogen-bond acceptors (Lipinski definition) is 5.